The predicted octanol–water partition coefficient (Wildman–Crippen LogP) is 2.23. The quantitative estimate of drug-likeness (QED) is 0.899. The number of rotatable bonds is 5. The number of amides is 2. The molecule has 8 heteroatoms. The molecule has 2 aromatic rings. The highest BCUT2D eigenvalue weighted by atomic mass is 16.2. The highest BCUT2D eigenvalue weighted by molar-refractivity contribution is 5.90. The van der Waals surface area contributed by atoms with Gasteiger partial charge in [-0.25, -0.2) is 14.5 Å². The zero-order chi connectivity index (χ0) is 17.6. The molecule has 0 aromatic carbocycles. The van der Waals surface area contributed by atoms with Crippen LogP contribution >= 0.6 is 0 Å². The highest BCUT2D eigenvalue weighted by Gasteiger charge is 2.23. The second-order valence-electron chi connectivity index (χ2n) is 6.72. The van der Waals surface area contributed by atoms with Crippen molar-refractivity contribution in [1.82, 2.24) is 30.5 Å². The summed E-state index contributed by atoms with van der Waals surface area (Å²) in [7, 11) is 1.74. The van der Waals surface area contributed by atoms with Crippen molar-refractivity contribution >= 4 is 11.8 Å². The molecule has 1 atom stereocenters. The van der Waals surface area contributed by atoms with Crippen molar-refractivity contribution in [3.8, 4) is 0 Å². The second-order valence-corrected chi connectivity index (χ2v) is 6.72. The number of urea groups is 1. The summed E-state index contributed by atoms with van der Waals surface area (Å²) in [5.41, 5.74) is 0.984. The zero-order valence-electron chi connectivity index (χ0n) is 14.8. The smallest absolute Gasteiger partial charge is 0.323 e. The third kappa shape index (κ3) is 4.52. The average molecular weight is 343 g/mol. The maximum absolute atomic E-state index is 12.6. The highest BCUT2D eigenvalue weighted by Crippen LogP contribution is 2.26. The molecule has 1 saturated carbocycles. The molecule has 0 radical (unpaired) electrons. The standard InChI is InChI=1S/C17H25N7O/c1-13(15-6-4-3-5-7-15)20-17(25)23(2)16-10-14(8-9-18-16)11-24-12-19-21-22-24/h8-10,12-13,15H,3-7,11H2,1-2H3,(H,20,25)/t13-/m1/s1. The first-order chi connectivity index (χ1) is 12.1. The van der Waals surface area contributed by atoms with Gasteiger partial charge in [-0.05, 0) is 53.8 Å². The van der Waals surface area contributed by atoms with Gasteiger partial charge in [-0.2, -0.15) is 0 Å². The van der Waals surface area contributed by atoms with Crippen LogP contribution in [0.5, 0.6) is 0 Å². The van der Waals surface area contributed by atoms with E-state index in [-0.39, 0.29) is 12.1 Å². The lowest BCUT2D eigenvalue weighted by Gasteiger charge is -2.29. The van der Waals surface area contributed by atoms with E-state index < -0.39 is 0 Å². The van der Waals surface area contributed by atoms with Crippen LogP contribution in [0.2, 0.25) is 0 Å². The summed E-state index contributed by atoms with van der Waals surface area (Å²) in [6.45, 7) is 2.64. The number of nitrogens with zero attached hydrogens (tertiary/aromatic N) is 6. The molecule has 0 bridgehead atoms. The van der Waals surface area contributed by atoms with Crippen molar-refractivity contribution in [2.75, 3.05) is 11.9 Å². The number of carbonyl (C=O) groups excluding carboxylic acids is 1. The van der Waals surface area contributed by atoms with Gasteiger partial charge in [0.05, 0.1) is 6.54 Å². The average Bonchev–Trinajstić information content (AvgIpc) is 3.15. The number of hydrogen-bond acceptors (Lipinski definition) is 5. The summed E-state index contributed by atoms with van der Waals surface area (Å²) in [5.74, 6) is 1.18. The molecule has 2 amide bonds. The monoisotopic (exact) mass is 343 g/mol. The maximum Gasteiger partial charge on any atom is 0.323 e. The molecule has 1 aliphatic carbocycles. The van der Waals surface area contributed by atoms with E-state index >= 15 is 0 Å². The van der Waals surface area contributed by atoms with E-state index in [1.807, 2.05) is 12.1 Å². The molecule has 2 aromatic heterocycles. The lowest BCUT2D eigenvalue weighted by molar-refractivity contribution is 0.231. The molecule has 0 saturated heterocycles. The topological polar surface area (TPSA) is 88.8 Å². The minimum Gasteiger partial charge on any atom is -0.335 e. The van der Waals surface area contributed by atoms with E-state index in [9.17, 15) is 4.79 Å². The van der Waals surface area contributed by atoms with Gasteiger partial charge >= 0.3 is 6.03 Å². The number of anilines is 1. The van der Waals surface area contributed by atoms with E-state index in [1.54, 1.807) is 29.2 Å². The fourth-order valence-corrected chi connectivity index (χ4v) is 3.33. The van der Waals surface area contributed by atoms with Gasteiger partial charge in [0.1, 0.15) is 12.1 Å². The largest absolute Gasteiger partial charge is 0.335 e. The van der Waals surface area contributed by atoms with Gasteiger partial charge in [0.15, 0.2) is 0 Å². The van der Waals surface area contributed by atoms with Gasteiger partial charge in [0.25, 0.3) is 0 Å². The molecular formula is C17H25N7O. The van der Waals surface area contributed by atoms with Crippen molar-refractivity contribution in [2.24, 2.45) is 5.92 Å². The summed E-state index contributed by atoms with van der Waals surface area (Å²) in [5, 5.41) is 14.2. The number of carbonyl (C=O) groups is 1. The Morgan fingerprint density at radius 2 is 2.20 bits per heavy atom. The first-order valence-corrected chi connectivity index (χ1v) is 8.83. The van der Waals surface area contributed by atoms with Crippen LogP contribution in [0.3, 0.4) is 0 Å². The van der Waals surface area contributed by atoms with Crippen LogP contribution in [-0.4, -0.2) is 44.3 Å². The van der Waals surface area contributed by atoms with Gasteiger partial charge in [-0.3, -0.25) is 4.90 Å². The number of hydrogen-bond donors (Lipinski definition) is 1. The van der Waals surface area contributed by atoms with E-state index in [1.165, 1.54) is 32.1 Å². The number of aromatic nitrogens is 5. The van der Waals surface area contributed by atoms with Crippen LogP contribution in [-0.2, 0) is 6.54 Å². The Bertz CT molecular complexity index is 682. The third-order valence-corrected chi connectivity index (χ3v) is 4.90. The molecule has 0 spiro atoms. The number of nitrogens with one attached hydrogen (secondary N) is 1. The van der Waals surface area contributed by atoms with Gasteiger partial charge in [-0.1, -0.05) is 19.3 Å². The van der Waals surface area contributed by atoms with E-state index in [0.29, 0.717) is 18.3 Å². The Morgan fingerprint density at radius 1 is 1.40 bits per heavy atom. The van der Waals surface area contributed by atoms with Crippen molar-refractivity contribution in [2.45, 2.75) is 51.6 Å². The van der Waals surface area contributed by atoms with E-state index in [0.717, 1.165) is 5.56 Å². The molecule has 0 unspecified atom stereocenters. The van der Waals surface area contributed by atoms with Crippen LogP contribution in [0.15, 0.2) is 24.7 Å². The molecular weight excluding hydrogens is 318 g/mol. The molecule has 2 heterocycles. The molecule has 134 valence electrons. The van der Waals surface area contributed by atoms with Crippen molar-refractivity contribution in [3.05, 3.63) is 30.2 Å². The lowest BCUT2D eigenvalue weighted by Crippen LogP contribution is -2.45. The minimum atomic E-state index is -0.120. The van der Waals surface area contributed by atoms with Gasteiger partial charge in [0.2, 0.25) is 0 Å². The fraction of sp³-hybridized carbons (Fsp3) is 0.588. The second kappa shape index (κ2) is 8.04. The van der Waals surface area contributed by atoms with Crippen LogP contribution in [0.1, 0.15) is 44.6 Å². The molecule has 0 aliphatic heterocycles. The summed E-state index contributed by atoms with van der Waals surface area (Å²) >= 11 is 0. The summed E-state index contributed by atoms with van der Waals surface area (Å²) in [6.07, 6.45) is 9.50. The SMILES string of the molecule is C[C@@H](NC(=O)N(C)c1cc(Cn2cnnn2)ccn1)C1CCCCC1. The Hall–Kier alpha value is -2.51. The molecule has 1 N–H and O–H groups in total. The summed E-state index contributed by atoms with van der Waals surface area (Å²) in [4.78, 5) is 18.4. The lowest BCUT2D eigenvalue weighted by atomic mass is 9.84. The Kier molecular flexibility index (Phi) is 5.57. The Labute approximate surface area is 147 Å². The molecule has 1 aliphatic rings. The van der Waals surface area contributed by atoms with Gasteiger partial charge in [-0.15, -0.1) is 5.10 Å². The van der Waals surface area contributed by atoms with Crippen molar-refractivity contribution in [3.63, 3.8) is 0 Å². The Morgan fingerprint density at radius 3 is 2.92 bits per heavy atom. The first kappa shape index (κ1) is 17.3. The molecule has 3 rings (SSSR count). The maximum atomic E-state index is 12.6. The van der Waals surface area contributed by atoms with Crippen LogP contribution in [0.4, 0.5) is 10.6 Å². The molecule has 8 nitrogen and oxygen atoms in total. The zero-order valence-corrected chi connectivity index (χ0v) is 14.8. The fourth-order valence-electron chi connectivity index (χ4n) is 3.33. The summed E-state index contributed by atoms with van der Waals surface area (Å²) in [6, 6.07) is 3.83. The first-order valence-electron chi connectivity index (χ1n) is 8.83. The Balaban J connectivity index is 1.61. The van der Waals surface area contributed by atoms with E-state index in [2.05, 4.69) is 32.7 Å². The number of tetrazole rings is 1. The van der Waals surface area contributed by atoms with Gasteiger partial charge < -0.3 is 5.32 Å². The van der Waals surface area contributed by atoms with E-state index in [4.69, 9.17) is 0 Å². The molecule has 25 heavy (non-hydrogen) atoms. The minimum absolute atomic E-state index is 0.120. The third-order valence-electron chi connectivity index (χ3n) is 4.90. The van der Waals surface area contributed by atoms with Crippen LogP contribution in [0.25, 0.3) is 0 Å². The van der Waals surface area contributed by atoms with Crippen LogP contribution < -0.4 is 10.2 Å². The van der Waals surface area contributed by atoms with Crippen LogP contribution in [0, 0.1) is 5.92 Å². The normalized spacial score (nSPS) is 16.4. The van der Waals surface area contributed by atoms with Crippen molar-refractivity contribution in [1.29, 1.82) is 0 Å². The molecule has 1 fully saturated rings. The number of pyridine rings is 1. The van der Waals surface area contributed by atoms with Crippen molar-refractivity contribution < 1.29 is 4.79 Å². The summed E-state index contributed by atoms with van der Waals surface area (Å²) < 4.78 is 1.63. The van der Waals surface area contributed by atoms with Gasteiger partial charge in [0, 0.05) is 19.3 Å². The predicted molar refractivity (Wildman–Crippen MR) is 94.1 cm³/mol.